The number of hydrazone groups is 1. The molecule has 0 unspecified atom stereocenters. The molecule has 5 rings (SSSR count). The molecule has 1 aliphatic carbocycles. The Morgan fingerprint density at radius 1 is 1.19 bits per heavy atom. The molecule has 2 aromatic rings. The molecule has 3 aliphatic rings. The molecule has 2 aliphatic heterocycles. The quantitative estimate of drug-likeness (QED) is 0.808. The van der Waals surface area contributed by atoms with E-state index in [1.54, 1.807) is 0 Å². The first-order chi connectivity index (χ1) is 15.0. The highest BCUT2D eigenvalue weighted by Crippen LogP contribution is 2.35. The molecule has 2 fully saturated rings. The molecule has 0 spiro atoms. The van der Waals surface area contributed by atoms with Crippen LogP contribution in [0.2, 0.25) is 0 Å². The Bertz CT molecular complexity index is 1120. The minimum absolute atomic E-state index is 0.292. The van der Waals surface area contributed by atoms with Gasteiger partial charge in [-0.2, -0.15) is 10.4 Å². The highest BCUT2D eigenvalue weighted by Gasteiger charge is 2.40. The van der Waals surface area contributed by atoms with E-state index in [-0.39, 0.29) is 0 Å². The smallest absolute Gasteiger partial charge is 0.225 e. The maximum absolute atomic E-state index is 12.2. The molecule has 1 amide bonds. The van der Waals surface area contributed by atoms with Gasteiger partial charge in [-0.1, -0.05) is 24.8 Å². The van der Waals surface area contributed by atoms with Crippen molar-refractivity contribution >= 4 is 17.4 Å². The molecule has 0 radical (unpaired) electrons. The predicted octanol–water partition coefficient (Wildman–Crippen LogP) is 3.99. The fourth-order valence-electron chi connectivity index (χ4n) is 4.35. The molecule has 2 heterocycles. The maximum Gasteiger partial charge on any atom is 0.225 e. The molecule has 31 heavy (non-hydrogen) atoms. The van der Waals surface area contributed by atoms with Crippen LogP contribution < -0.4 is 10.3 Å². The Kier molecular flexibility index (Phi) is 4.74. The summed E-state index contributed by atoms with van der Waals surface area (Å²) in [5, 5.41) is 13.5. The van der Waals surface area contributed by atoms with Crippen LogP contribution in [-0.4, -0.2) is 29.7 Å². The second kappa shape index (κ2) is 7.59. The van der Waals surface area contributed by atoms with Gasteiger partial charge in [0.1, 0.15) is 11.7 Å². The topological polar surface area (TPSA) is 71.7 Å². The molecule has 0 atom stereocenters. The zero-order valence-electron chi connectivity index (χ0n) is 17.6. The fourth-order valence-corrected chi connectivity index (χ4v) is 4.35. The minimum Gasteiger partial charge on any atom is -0.342 e. The number of likely N-dealkylation sites (tertiary alicyclic amines) is 1. The molecule has 6 nitrogen and oxygen atoms in total. The summed E-state index contributed by atoms with van der Waals surface area (Å²) in [6.07, 6.45) is 2.93. The van der Waals surface area contributed by atoms with Crippen molar-refractivity contribution in [3.63, 3.8) is 0 Å². The van der Waals surface area contributed by atoms with Crippen LogP contribution in [0.15, 0.2) is 60.0 Å². The van der Waals surface area contributed by atoms with Gasteiger partial charge < -0.3 is 4.90 Å². The average Bonchev–Trinajstić information content (AvgIpc) is 3.54. The third-order valence-electron chi connectivity index (χ3n) is 6.29. The summed E-state index contributed by atoms with van der Waals surface area (Å²) < 4.78 is 0. The number of benzene rings is 2. The van der Waals surface area contributed by atoms with E-state index < -0.39 is 0 Å². The molecule has 0 bridgehead atoms. The lowest BCUT2D eigenvalue weighted by Crippen LogP contribution is -2.51. The van der Waals surface area contributed by atoms with Gasteiger partial charge in [0.25, 0.3) is 0 Å². The monoisotopic (exact) mass is 411 g/mol. The van der Waals surface area contributed by atoms with Crippen LogP contribution in [0.5, 0.6) is 0 Å². The molecule has 0 aromatic heterocycles. The highest BCUT2D eigenvalue weighted by molar-refractivity contribution is 6.03. The molecular formula is C25H25N5O. The van der Waals surface area contributed by atoms with E-state index in [9.17, 15) is 4.79 Å². The van der Waals surface area contributed by atoms with Crippen molar-refractivity contribution in [1.29, 1.82) is 5.26 Å². The van der Waals surface area contributed by atoms with Crippen LogP contribution in [0, 0.1) is 30.1 Å². The number of nitrogens with zero attached hydrogens (tertiary/aromatic N) is 4. The Morgan fingerprint density at radius 2 is 1.90 bits per heavy atom. The summed E-state index contributed by atoms with van der Waals surface area (Å²) >= 11 is 0. The number of anilines is 1. The van der Waals surface area contributed by atoms with Crippen LogP contribution in [0.4, 0.5) is 5.69 Å². The number of amidine groups is 1. The number of nitrogens with one attached hydrogen (secondary N) is 1. The average molecular weight is 412 g/mol. The van der Waals surface area contributed by atoms with Crippen molar-refractivity contribution in [3.05, 3.63) is 66.0 Å². The Balaban J connectivity index is 1.30. The van der Waals surface area contributed by atoms with Gasteiger partial charge in [0.2, 0.25) is 5.91 Å². The third-order valence-corrected chi connectivity index (χ3v) is 6.29. The van der Waals surface area contributed by atoms with E-state index in [1.165, 1.54) is 0 Å². The van der Waals surface area contributed by atoms with Gasteiger partial charge >= 0.3 is 0 Å². The van der Waals surface area contributed by atoms with E-state index in [1.807, 2.05) is 29.2 Å². The summed E-state index contributed by atoms with van der Waals surface area (Å²) in [4.78, 5) is 16.3. The van der Waals surface area contributed by atoms with Gasteiger partial charge in [0.15, 0.2) is 0 Å². The SMILES string of the molecule is C=C1NN=C(CC2CN(C(=O)C3CC3)C2)N1c1ccc(-c2ccc(C#N)cc2)cc1C. The summed E-state index contributed by atoms with van der Waals surface area (Å²) in [6, 6.07) is 16.1. The largest absolute Gasteiger partial charge is 0.342 e. The lowest BCUT2D eigenvalue weighted by molar-refractivity contribution is -0.138. The van der Waals surface area contributed by atoms with Gasteiger partial charge in [-0.25, -0.2) is 0 Å². The third kappa shape index (κ3) is 3.68. The van der Waals surface area contributed by atoms with Crippen molar-refractivity contribution in [3.8, 4) is 17.2 Å². The Labute approximate surface area is 182 Å². The van der Waals surface area contributed by atoms with Crippen molar-refractivity contribution in [2.45, 2.75) is 26.2 Å². The first kappa shape index (κ1) is 19.4. The number of hydrogen-bond acceptors (Lipinski definition) is 5. The summed E-state index contributed by atoms with van der Waals surface area (Å²) in [5.74, 6) is 2.75. The molecule has 156 valence electrons. The van der Waals surface area contributed by atoms with E-state index in [0.29, 0.717) is 23.3 Å². The molecule has 1 N–H and O–H groups in total. The summed E-state index contributed by atoms with van der Waals surface area (Å²) in [7, 11) is 0. The standard InChI is InChI=1S/C25H25N5O/c1-16-11-22(20-5-3-18(13-26)4-6-20)9-10-23(16)30-17(2)27-28-24(30)12-19-14-29(15-19)25(31)21-7-8-21/h3-6,9-11,19,21,27H,2,7-8,12,14-15H2,1H3. The number of hydrogen-bond donors (Lipinski definition) is 1. The van der Waals surface area contributed by atoms with Crippen molar-refractivity contribution in [2.24, 2.45) is 16.9 Å². The van der Waals surface area contributed by atoms with E-state index in [2.05, 4.69) is 53.2 Å². The van der Waals surface area contributed by atoms with Crippen molar-refractivity contribution in [1.82, 2.24) is 10.3 Å². The number of carbonyl (C=O) groups excluding carboxylic acids is 1. The number of carbonyl (C=O) groups is 1. The van der Waals surface area contributed by atoms with Gasteiger partial charge in [-0.15, -0.1) is 0 Å². The number of amides is 1. The summed E-state index contributed by atoms with van der Waals surface area (Å²) in [5.41, 5.74) is 8.05. The van der Waals surface area contributed by atoms with Crippen molar-refractivity contribution < 1.29 is 4.79 Å². The maximum atomic E-state index is 12.2. The van der Waals surface area contributed by atoms with Crippen LogP contribution in [0.25, 0.3) is 11.1 Å². The van der Waals surface area contributed by atoms with Gasteiger partial charge in [-0.05, 0) is 60.7 Å². The van der Waals surface area contributed by atoms with Crippen molar-refractivity contribution in [2.75, 3.05) is 18.0 Å². The second-order valence-corrected chi connectivity index (χ2v) is 8.70. The lowest BCUT2D eigenvalue weighted by Gasteiger charge is -2.40. The Morgan fingerprint density at radius 3 is 2.55 bits per heavy atom. The van der Waals surface area contributed by atoms with Gasteiger partial charge in [0.05, 0.1) is 17.3 Å². The van der Waals surface area contributed by atoms with Crippen LogP contribution in [0.3, 0.4) is 0 Å². The highest BCUT2D eigenvalue weighted by atomic mass is 16.2. The van der Waals surface area contributed by atoms with E-state index in [4.69, 9.17) is 5.26 Å². The predicted molar refractivity (Wildman–Crippen MR) is 121 cm³/mol. The molecule has 2 aromatic carbocycles. The molecular weight excluding hydrogens is 386 g/mol. The zero-order valence-corrected chi connectivity index (χ0v) is 17.6. The van der Waals surface area contributed by atoms with Gasteiger partial charge in [0, 0.05) is 31.3 Å². The van der Waals surface area contributed by atoms with Crippen LogP contribution >= 0.6 is 0 Å². The minimum atomic E-state index is 0.292. The van der Waals surface area contributed by atoms with Crippen LogP contribution in [0.1, 0.15) is 30.4 Å². The number of aryl methyl sites for hydroxylation is 1. The normalized spacial score (nSPS) is 18.3. The van der Waals surface area contributed by atoms with E-state index in [0.717, 1.165) is 66.4 Å². The molecule has 1 saturated carbocycles. The molecule has 1 saturated heterocycles. The number of nitriles is 1. The fraction of sp³-hybridized carbons (Fsp3) is 0.320. The first-order valence-corrected chi connectivity index (χ1v) is 10.7. The van der Waals surface area contributed by atoms with Gasteiger partial charge in [-0.3, -0.25) is 15.1 Å². The first-order valence-electron chi connectivity index (χ1n) is 10.7. The number of rotatable bonds is 5. The second-order valence-electron chi connectivity index (χ2n) is 8.70. The van der Waals surface area contributed by atoms with E-state index >= 15 is 0 Å². The Hall–Kier alpha value is -3.59. The summed E-state index contributed by atoms with van der Waals surface area (Å²) in [6.45, 7) is 7.87. The molecule has 6 heteroatoms. The zero-order chi connectivity index (χ0) is 21.5. The lowest BCUT2D eigenvalue weighted by atomic mass is 9.94. The van der Waals surface area contributed by atoms with Crippen LogP contribution in [-0.2, 0) is 4.79 Å².